The molecule has 0 saturated heterocycles. The van der Waals surface area contributed by atoms with E-state index in [0.717, 1.165) is 5.56 Å². The minimum Gasteiger partial charge on any atom is -0.243 e. The van der Waals surface area contributed by atoms with Gasteiger partial charge in [0, 0.05) is 6.20 Å². The molecule has 19 heavy (non-hydrogen) atoms. The molecule has 98 valence electrons. The Morgan fingerprint density at radius 3 is 2.84 bits per heavy atom. The molecule has 2 heterocycles. The van der Waals surface area contributed by atoms with E-state index >= 15 is 0 Å². The Morgan fingerprint density at radius 2 is 2.26 bits per heavy atom. The number of aromatic nitrogens is 1. The van der Waals surface area contributed by atoms with Crippen LogP contribution < -0.4 is 4.72 Å². The summed E-state index contributed by atoms with van der Waals surface area (Å²) in [6, 6.07) is 7.90. The minimum atomic E-state index is -3.72. The molecule has 2 aromatic heterocycles. The summed E-state index contributed by atoms with van der Waals surface area (Å²) >= 11 is 1.46. The third-order valence-electron chi connectivity index (χ3n) is 2.45. The van der Waals surface area contributed by atoms with Gasteiger partial charge in [0.05, 0.1) is 18.5 Å². The van der Waals surface area contributed by atoms with Crippen LogP contribution in [0.3, 0.4) is 0 Å². The van der Waals surface area contributed by atoms with Gasteiger partial charge < -0.3 is 0 Å². The zero-order valence-corrected chi connectivity index (χ0v) is 11.5. The number of nitrogens with one attached hydrogen (secondary N) is 1. The van der Waals surface area contributed by atoms with Crippen LogP contribution in [0.15, 0.2) is 46.2 Å². The molecule has 0 saturated carbocycles. The highest BCUT2D eigenvalue weighted by Crippen LogP contribution is 2.21. The van der Waals surface area contributed by atoms with Crippen molar-refractivity contribution in [1.29, 1.82) is 5.26 Å². The smallest absolute Gasteiger partial charge is 0.243 e. The Kier molecular flexibility index (Phi) is 4.27. The van der Waals surface area contributed by atoms with E-state index in [4.69, 9.17) is 5.26 Å². The Morgan fingerprint density at radius 1 is 1.42 bits per heavy atom. The van der Waals surface area contributed by atoms with Gasteiger partial charge in [0.15, 0.2) is 5.03 Å². The van der Waals surface area contributed by atoms with E-state index in [1.54, 1.807) is 18.2 Å². The topological polar surface area (TPSA) is 82.9 Å². The normalized spacial score (nSPS) is 12.8. The SMILES string of the molecule is N#CC[C@@H](NS(=O)(=O)c1ccccn1)c1ccsc1. The molecule has 1 N–H and O–H groups in total. The second-order valence-electron chi connectivity index (χ2n) is 3.76. The molecule has 2 aromatic rings. The van der Waals surface area contributed by atoms with Crippen molar-refractivity contribution in [2.75, 3.05) is 0 Å². The lowest BCUT2D eigenvalue weighted by Gasteiger charge is -2.14. The van der Waals surface area contributed by atoms with Gasteiger partial charge in [-0.25, -0.2) is 18.1 Å². The number of hydrogen-bond donors (Lipinski definition) is 1. The highest BCUT2D eigenvalue weighted by molar-refractivity contribution is 7.89. The Balaban J connectivity index is 2.25. The number of rotatable bonds is 5. The van der Waals surface area contributed by atoms with Crippen molar-refractivity contribution in [3.8, 4) is 6.07 Å². The average molecular weight is 293 g/mol. The quantitative estimate of drug-likeness (QED) is 0.914. The maximum absolute atomic E-state index is 12.1. The van der Waals surface area contributed by atoms with Crippen molar-refractivity contribution >= 4 is 21.4 Å². The maximum Gasteiger partial charge on any atom is 0.258 e. The lowest BCUT2D eigenvalue weighted by Crippen LogP contribution is -2.28. The van der Waals surface area contributed by atoms with Crippen molar-refractivity contribution in [3.05, 3.63) is 46.8 Å². The molecule has 0 amide bonds. The number of nitrogens with zero attached hydrogens (tertiary/aromatic N) is 2. The van der Waals surface area contributed by atoms with E-state index in [9.17, 15) is 8.42 Å². The summed E-state index contributed by atoms with van der Waals surface area (Å²) in [6.07, 6.45) is 1.49. The Bertz CT molecular complexity index is 661. The van der Waals surface area contributed by atoms with Crippen LogP contribution >= 0.6 is 11.3 Å². The van der Waals surface area contributed by atoms with Crippen molar-refractivity contribution in [3.63, 3.8) is 0 Å². The van der Waals surface area contributed by atoms with E-state index < -0.39 is 16.1 Å². The Hall–Kier alpha value is -1.75. The van der Waals surface area contributed by atoms with E-state index in [1.165, 1.54) is 23.6 Å². The fourth-order valence-corrected chi connectivity index (χ4v) is 3.43. The monoisotopic (exact) mass is 293 g/mol. The van der Waals surface area contributed by atoms with Crippen molar-refractivity contribution in [1.82, 2.24) is 9.71 Å². The van der Waals surface area contributed by atoms with Crippen molar-refractivity contribution < 1.29 is 8.42 Å². The highest BCUT2D eigenvalue weighted by Gasteiger charge is 2.22. The molecule has 0 fully saturated rings. The van der Waals surface area contributed by atoms with Gasteiger partial charge in [-0.2, -0.15) is 16.6 Å². The average Bonchev–Trinajstić information content (AvgIpc) is 2.93. The molecule has 0 spiro atoms. The molecule has 1 atom stereocenters. The number of pyridine rings is 1. The zero-order chi connectivity index (χ0) is 13.7. The summed E-state index contributed by atoms with van der Waals surface area (Å²) in [5.74, 6) is 0. The molecule has 7 heteroatoms. The molecule has 0 radical (unpaired) electrons. The van der Waals surface area contributed by atoms with E-state index in [1.807, 2.05) is 16.8 Å². The summed E-state index contributed by atoms with van der Waals surface area (Å²) in [5, 5.41) is 12.4. The Labute approximate surface area is 115 Å². The largest absolute Gasteiger partial charge is 0.258 e. The van der Waals surface area contributed by atoms with Gasteiger partial charge in [-0.15, -0.1) is 0 Å². The summed E-state index contributed by atoms with van der Waals surface area (Å²) in [7, 11) is -3.72. The van der Waals surface area contributed by atoms with Crippen LogP contribution in [0.25, 0.3) is 0 Å². The van der Waals surface area contributed by atoms with Crippen molar-refractivity contribution in [2.45, 2.75) is 17.5 Å². The first-order valence-electron chi connectivity index (χ1n) is 5.46. The van der Waals surface area contributed by atoms with Crippen LogP contribution in [0.1, 0.15) is 18.0 Å². The molecule has 5 nitrogen and oxygen atoms in total. The van der Waals surface area contributed by atoms with Crippen molar-refractivity contribution in [2.24, 2.45) is 0 Å². The number of sulfonamides is 1. The van der Waals surface area contributed by atoms with Crippen LogP contribution in [0.5, 0.6) is 0 Å². The second-order valence-corrected chi connectivity index (χ2v) is 6.20. The second kappa shape index (κ2) is 5.93. The van der Waals surface area contributed by atoms with Gasteiger partial charge in [0.1, 0.15) is 0 Å². The van der Waals surface area contributed by atoms with Gasteiger partial charge in [-0.3, -0.25) is 0 Å². The first-order chi connectivity index (χ1) is 9.13. The molecule has 0 aromatic carbocycles. The molecule has 2 rings (SSSR count). The standard InChI is InChI=1S/C12H11N3O2S2/c13-6-4-11(10-5-8-18-9-10)15-19(16,17)12-3-1-2-7-14-12/h1-3,5,7-9,11,15H,4H2/t11-/m1/s1. The van der Waals surface area contributed by atoms with Gasteiger partial charge in [0.2, 0.25) is 0 Å². The summed E-state index contributed by atoms with van der Waals surface area (Å²) in [4.78, 5) is 3.81. The molecular formula is C12H11N3O2S2. The summed E-state index contributed by atoms with van der Waals surface area (Å²) in [5.41, 5.74) is 0.783. The summed E-state index contributed by atoms with van der Waals surface area (Å²) in [6.45, 7) is 0. The zero-order valence-electron chi connectivity index (χ0n) is 9.85. The summed E-state index contributed by atoms with van der Waals surface area (Å²) < 4.78 is 26.8. The number of nitriles is 1. The van der Waals surface area contributed by atoms with E-state index in [-0.39, 0.29) is 11.4 Å². The van der Waals surface area contributed by atoms with Gasteiger partial charge in [-0.1, -0.05) is 6.07 Å². The first-order valence-corrected chi connectivity index (χ1v) is 7.88. The van der Waals surface area contributed by atoms with Crippen LogP contribution in [-0.2, 0) is 10.0 Å². The van der Waals surface area contributed by atoms with E-state index in [2.05, 4.69) is 9.71 Å². The van der Waals surface area contributed by atoms with Gasteiger partial charge in [0.25, 0.3) is 10.0 Å². The molecule has 0 aliphatic carbocycles. The third-order valence-corrected chi connectivity index (χ3v) is 4.54. The van der Waals surface area contributed by atoms with Gasteiger partial charge in [-0.05, 0) is 34.5 Å². The highest BCUT2D eigenvalue weighted by atomic mass is 32.2. The lowest BCUT2D eigenvalue weighted by atomic mass is 10.1. The predicted octanol–water partition coefficient (Wildman–Crippen LogP) is 2.08. The van der Waals surface area contributed by atoms with Crippen LogP contribution in [-0.4, -0.2) is 13.4 Å². The molecular weight excluding hydrogens is 282 g/mol. The molecule has 0 aliphatic rings. The molecule has 0 unspecified atom stereocenters. The molecule has 0 aliphatic heterocycles. The van der Waals surface area contributed by atoms with Crippen LogP contribution in [0.2, 0.25) is 0 Å². The number of hydrogen-bond acceptors (Lipinski definition) is 5. The predicted molar refractivity (Wildman–Crippen MR) is 71.8 cm³/mol. The fraction of sp³-hybridized carbons (Fsp3) is 0.167. The maximum atomic E-state index is 12.1. The van der Waals surface area contributed by atoms with Crippen LogP contribution in [0.4, 0.5) is 0 Å². The van der Waals surface area contributed by atoms with E-state index in [0.29, 0.717) is 0 Å². The lowest BCUT2D eigenvalue weighted by molar-refractivity contribution is 0.555. The van der Waals surface area contributed by atoms with Gasteiger partial charge >= 0.3 is 0 Å². The molecule has 0 bridgehead atoms. The number of thiophene rings is 1. The minimum absolute atomic E-state index is 0.0480. The fourth-order valence-electron chi connectivity index (χ4n) is 1.55. The third kappa shape index (κ3) is 3.38. The van der Waals surface area contributed by atoms with Crippen LogP contribution in [0, 0.1) is 11.3 Å². The first kappa shape index (κ1) is 13.7.